The third kappa shape index (κ3) is 1.45. The van der Waals surface area contributed by atoms with Gasteiger partial charge in [-0.25, -0.2) is 9.97 Å². The molecule has 8 heavy (non-hydrogen) atoms. The summed E-state index contributed by atoms with van der Waals surface area (Å²) in [7, 11) is 1.36. The molecule has 0 saturated carbocycles. The number of halogens is 1. The monoisotopic (exact) mass is 190 g/mol. The zero-order valence-electron chi connectivity index (χ0n) is 3.91. The van der Waals surface area contributed by atoms with Gasteiger partial charge in [-0.15, -0.1) is 0 Å². The van der Waals surface area contributed by atoms with Crippen LogP contribution in [0.5, 0.6) is 0 Å². The van der Waals surface area contributed by atoms with E-state index in [1.807, 2.05) is 0 Å². The van der Waals surface area contributed by atoms with Crippen LogP contribution >= 0.6 is 25.0 Å². The minimum atomic E-state index is 0.743. The van der Waals surface area contributed by atoms with Gasteiger partial charge in [-0.3, -0.25) is 0 Å². The Labute approximate surface area is 58.9 Å². The molecule has 0 atom stereocenters. The van der Waals surface area contributed by atoms with Crippen molar-refractivity contribution in [1.29, 1.82) is 0 Å². The summed E-state index contributed by atoms with van der Waals surface area (Å²) in [4.78, 5) is 7.80. The van der Waals surface area contributed by atoms with Gasteiger partial charge in [0.15, 0.2) is 5.16 Å². The van der Waals surface area contributed by atoms with E-state index in [4.69, 9.17) is 0 Å². The summed E-state index contributed by atoms with van der Waals surface area (Å²) in [5, 5.41) is 0.743. The van der Waals surface area contributed by atoms with Gasteiger partial charge >= 0.3 is 0 Å². The minimum Gasteiger partial charge on any atom is -0.230 e. The minimum absolute atomic E-state index is 0.743. The lowest BCUT2D eigenvalue weighted by molar-refractivity contribution is 0.974. The van der Waals surface area contributed by atoms with E-state index in [0.717, 1.165) is 5.16 Å². The van der Waals surface area contributed by atoms with Crippen LogP contribution in [0, 0.1) is 0 Å². The van der Waals surface area contributed by atoms with E-state index in [1.165, 1.54) is 10.2 Å². The highest BCUT2D eigenvalue weighted by Gasteiger charge is 1.86. The van der Waals surface area contributed by atoms with Crippen LogP contribution in [0.1, 0.15) is 0 Å². The molecule has 0 fully saturated rings. The highest BCUT2D eigenvalue weighted by Crippen LogP contribution is 2.17. The molecule has 1 aromatic rings. The van der Waals surface area contributed by atoms with Gasteiger partial charge in [0.25, 0.3) is 0 Å². The molecule has 1 aromatic heterocycles. The molecule has 0 aliphatic heterocycles. The molecule has 2 nitrogen and oxygen atoms in total. The van der Waals surface area contributed by atoms with Crippen LogP contribution < -0.4 is 0 Å². The summed E-state index contributed by atoms with van der Waals surface area (Å²) >= 11 is 3.15. The van der Waals surface area contributed by atoms with Crippen molar-refractivity contribution >= 4 is 25.0 Å². The van der Waals surface area contributed by atoms with Crippen LogP contribution in [0.3, 0.4) is 0 Å². The van der Waals surface area contributed by atoms with Crippen LogP contribution in [0.4, 0.5) is 0 Å². The van der Waals surface area contributed by atoms with Crippen molar-refractivity contribution < 1.29 is 0 Å². The Kier molecular flexibility index (Phi) is 2.29. The molecule has 0 amide bonds. The molecule has 0 aromatic carbocycles. The largest absolute Gasteiger partial charge is 0.230 e. The molecule has 42 valence electrons. The molecule has 0 spiro atoms. The molecule has 4 heteroatoms. The standard InChI is InChI=1S/C4H3BrN2S/c5-8-4-6-2-1-3-7-4/h1-3H. The molecule has 1 rings (SSSR count). The topological polar surface area (TPSA) is 25.8 Å². The Morgan fingerprint density at radius 1 is 1.38 bits per heavy atom. The van der Waals surface area contributed by atoms with Gasteiger partial charge in [0.2, 0.25) is 0 Å². The lowest BCUT2D eigenvalue weighted by atomic mass is 10.7. The van der Waals surface area contributed by atoms with Crippen molar-refractivity contribution in [1.82, 2.24) is 9.97 Å². The van der Waals surface area contributed by atoms with Crippen LogP contribution in [-0.4, -0.2) is 9.97 Å². The van der Waals surface area contributed by atoms with Crippen molar-refractivity contribution in [3.63, 3.8) is 0 Å². The summed E-state index contributed by atoms with van der Waals surface area (Å²) < 4.78 is 0. The second-order valence-corrected chi connectivity index (χ2v) is 2.60. The van der Waals surface area contributed by atoms with E-state index in [-0.39, 0.29) is 0 Å². The molecular formula is C4H3BrN2S. The Bertz CT molecular complexity index is 155. The van der Waals surface area contributed by atoms with Gasteiger partial charge in [-0.1, -0.05) is 0 Å². The molecule has 0 saturated heterocycles. The summed E-state index contributed by atoms with van der Waals surface area (Å²) in [6.07, 6.45) is 3.41. The van der Waals surface area contributed by atoms with Crippen molar-refractivity contribution in [2.24, 2.45) is 0 Å². The van der Waals surface area contributed by atoms with Gasteiger partial charge in [-0.2, -0.15) is 0 Å². The maximum absolute atomic E-state index is 3.90. The molecule has 0 aliphatic carbocycles. The highest BCUT2D eigenvalue weighted by atomic mass is 79.9. The molecule has 0 radical (unpaired) electrons. The molecule has 1 heterocycles. The van der Waals surface area contributed by atoms with Crippen LogP contribution in [0.2, 0.25) is 0 Å². The van der Waals surface area contributed by atoms with Crippen molar-refractivity contribution in [2.75, 3.05) is 0 Å². The number of hydrogen-bond donors (Lipinski definition) is 0. The summed E-state index contributed by atoms with van der Waals surface area (Å²) in [6, 6.07) is 1.78. The van der Waals surface area contributed by atoms with E-state index in [2.05, 4.69) is 24.8 Å². The molecular weight excluding hydrogens is 188 g/mol. The first-order chi connectivity index (χ1) is 3.93. The van der Waals surface area contributed by atoms with Crippen LogP contribution in [0.25, 0.3) is 0 Å². The Balaban J connectivity index is 2.83. The third-order valence-electron chi connectivity index (χ3n) is 0.611. The average molecular weight is 191 g/mol. The van der Waals surface area contributed by atoms with Gasteiger partial charge in [-0.05, 0) is 31.1 Å². The predicted molar refractivity (Wildman–Crippen MR) is 36.8 cm³/mol. The second kappa shape index (κ2) is 3.04. The van der Waals surface area contributed by atoms with E-state index in [0.29, 0.717) is 0 Å². The number of nitrogens with zero attached hydrogens (tertiary/aromatic N) is 2. The lowest BCUT2D eigenvalue weighted by Crippen LogP contribution is -1.77. The predicted octanol–water partition coefficient (Wildman–Crippen LogP) is 1.88. The Morgan fingerprint density at radius 3 is 2.38 bits per heavy atom. The summed E-state index contributed by atoms with van der Waals surface area (Å²) in [5.74, 6) is 0. The van der Waals surface area contributed by atoms with Crippen LogP contribution in [0.15, 0.2) is 23.6 Å². The average Bonchev–Trinajstić information content (AvgIpc) is 1.90. The quantitative estimate of drug-likeness (QED) is 0.633. The summed E-state index contributed by atoms with van der Waals surface area (Å²) in [5.41, 5.74) is 0. The van der Waals surface area contributed by atoms with Crippen LogP contribution in [-0.2, 0) is 0 Å². The normalized spacial score (nSPS) is 9.12. The number of aromatic nitrogens is 2. The first-order valence-corrected chi connectivity index (χ1v) is 4.65. The molecule has 0 bridgehead atoms. The van der Waals surface area contributed by atoms with Gasteiger partial charge in [0.1, 0.15) is 0 Å². The van der Waals surface area contributed by atoms with Gasteiger partial charge < -0.3 is 0 Å². The lowest BCUT2D eigenvalue weighted by Gasteiger charge is -1.85. The number of rotatable bonds is 1. The molecule has 0 unspecified atom stereocenters. The molecule has 0 N–H and O–H groups in total. The van der Waals surface area contributed by atoms with Crippen molar-refractivity contribution in [2.45, 2.75) is 5.16 Å². The first-order valence-electron chi connectivity index (χ1n) is 1.99. The van der Waals surface area contributed by atoms with E-state index in [1.54, 1.807) is 18.5 Å². The van der Waals surface area contributed by atoms with Gasteiger partial charge in [0.05, 0.1) is 0 Å². The fraction of sp³-hybridized carbons (Fsp3) is 0. The zero-order valence-corrected chi connectivity index (χ0v) is 6.32. The van der Waals surface area contributed by atoms with Crippen molar-refractivity contribution in [3.05, 3.63) is 18.5 Å². The Hall–Kier alpha value is -0.0900. The maximum atomic E-state index is 3.90. The highest BCUT2D eigenvalue weighted by molar-refractivity contribution is 9.50. The van der Waals surface area contributed by atoms with Gasteiger partial charge in [0, 0.05) is 12.4 Å². The van der Waals surface area contributed by atoms with E-state index >= 15 is 0 Å². The maximum Gasteiger partial charge on any atom is 0.198 e. The summed E-state index contributed by atoms with van der Waals surface area (Å²) in [6.45, 7) is 0. The Morgan fingerprint density at radius 2 is 2.00 bits per heavy atom. The first kappa shape index (κ1) is 6.04. The second-order valence-electron chi connectivity index (χ2n) is 1.11. The fourth-order valence-electron chi connectivity index (χ4n) is 0.325. The fourth-order valence-corrected chi connectivity index (χ4v) is 1.03. The number of hydrogen-bond acceptors (Lipinski definition) is 3. The smallest absolute Gasteiger partial charge is 0.198 e. The van der Waals surface area contributed by atoms with Crippen molar-refractivity contribution in [3.8, 4) is 0 Å². The zero-order chi connectivity index (χ0) is 5.82. The SMILES string of the molecule is BrSc1ncccn1. The van der Waals surface area contributed by atoms with E-state index < -0.39 is 0 Å². The van der Waals surface area contributed by atoms with E-state index in [9.17, 15) is 0 Å². The molecule has 0 aliphatic rings. The third-order valence-corrected chi connectivity index (χ3v) is 1.83.